The van der Waals surface area contributed by atoms with E-state index in [0.29, 0.717) is 0 Å². The van der Waals surface area contributed by atoms with Crippen LogP contribution in [0.3, 0.4) is 0 Å². The summed E-state index contributed by atoms with van der Waals surface area (Å²) >= 11 is 0. The molecule has 0 saturated carbocycles. The Labute approximate surface area is 77.4 Å². The normalized spacial score (nSPS) is 11.8. The molecular weight excluding hydrogens is 144 g/mol. The van der Waals surface area contributed by atoms with Gasteiger partial charge in [0.1, 0.15) is 0 Å². The van der Waals surface area contributed by atoms with E-state index >= 15 is 0 Å². The molecule has 0 aliphatic rings. The van der Waals surface area contributed by atoms with Crippen LogP contribution in [0.15, 0.2) is 24.3 Å². The lowest BCUT2D eigenvalue weighted by atomic mass is 10.2. The van der Waals surface area contributed by atoms with Crippen molar-refractivity contribution in [2.45, 2.75) is 46.0 Å². The SMILES string of the molecule is CC/C=C/C[CH]CC=CCCC. The van der Waals surface area contributed by atoms with E-state index in [1.54, 1.807) is 0 Å². The molecule has 0 spiro atoms. The van der Waals surface area contributed by atoms with Crippen LogP contribution in [0, 0.1) is 6.42 Å². The minimum Gasteiger partial charge on any atom is -0.0888 e. The Morgan fingerprint density at radius 1 is 0.833 bits per heavy atom. The summed E-state index contributed by atoms with van der Waals surface area (Å²) in [7, 11) is 0. The molecule has 0 heterocycles. The Morgan fingerprint density at radius 2 is 1.50 bits per heavy atom. The van der Waals surface area contributed by atoms with E-state index < -0.39 is 0 Å². The molecule has 0 aromatic carbocycles. The summed E-state index contributed by atoms with van der Waals surface area (Å²) in [6.07, 6.45) is 17.1. The smallest absolute Gasteiger partial charge is 0.0311 e. The van der Waals surface area contributed by atoms with Crippen LogP contribution in [-0.4, -0.2) is 0 Å². The quantitative estimate of drug-likeness (QED) is 0.390. The van der Waals surface area contributed by atoms with Crippen LogP contribution in [0.4, 0.5) is 0 Å². The Hall–Kier alpha value is -0.520. The molecule has 0 heteroatoms. The van der Waals surface area contributed by atoms with Gasteiger partial charge in [-0.05, 0) is 32.1 Å². The van der Waals surface area contributed by atoms with Gasteiger partial charge in [-0.2, -0.15) is 0 Å². The van der Waals surface area contributed by atoms with Crippen LogP contribution in [0.1, 0.15) is 46.0 Å². The molecule has 0 N–H and O–H groups in total. The van der Waals surface area contributed by atoms with E-state index in [2.05, 4.69) is 44.6 Å². The van der Waals surface area contributed by atoms with Gasteiger partial charge >= 0.3 is 0 Å². The van der Waals surface area contributed by atoms with Crippen LogP contribution in [0.5, 0.6) is 0 Å². The molecule has 0 bridgehead atoms. The van der Waals surface area contributed by atoms with Crippen molar-refractivity contribution in [2.75, 3.05) is 0 Å². The number of unbranched alkanes of at least 4 members (excludes halogenated alkanes) is 3. The van der Waals surface area contributed by atoms with Gasteiger partial charge in [0, 0.05) is 0 Å². The van der Waals surface area contributed by atoms with Crippen molar-refractivity contribution in [1.82, 2.24) is 0 Å². The van der Waals surface area contributed by atoms with Gasteiger partial charge < -0.3 is 0 Å². The molecule has 0 fully saturated rings. The second-order valence-electron chi connectivity index (χ2n) is 2.90. The summed E-state index contributed by atoms with van der Waals surface area (Å²) < 4.78 is 0. The molecule has 69 valence electrons. The van der Waals surface area contributed by atoms with Crippen LogP contribution < -0.4 is 0 Å². The van der Waals surface area contributed by atoms with Gasteiger partial charge in [-0.15, -0.1) is 0 Å². The minimum atomic E-state index is 1.12. The zero-order valence-corrected chi connectivity index (χ0v) is 8.42. The Bertz CT molecular complexity index is 120. The molecule has 0 atom stereocenters. The van der Waals surface area contributed by atoms with E-state index in [0.717, 1.165) is 19.3 Å². The van der Waals surface area contributed by atoms with E-state index in [1.807, 2.05) is 0 Å². The summed E-state index contributed by atoms with van der Waals surface area (Å²) in [6, 6.07) is 0. The maximum absolute atomic E-state index is 2.30. The molecular formula is C12H21. The van der Waals surface area contributed by atoms with Crippen molar-refractivity contribution < 1.29 is 0 Å². The first-order valence-electron chi connectivity index (χ1n) is 5.03. The predicted octanol–water partition coefficient (Wildman–Crippen LogP) is 4.29. The fourth-order valence-corrected chi connectivity index (χ4v) is 0.932. The standard InChI is InChI=1S/C12H21/c1-3-5-7-9-11-12-10-8-6-4-2/h5,7-8,10-11H,3-4,6,9,12H2,1-2H3/b7-5+,10-8?. The topological polar surface area (TPSA) is 0 Å². The van der Waals surface area contributed by atoms with Gasteiger partial charge in [-0.25, -0.2) is 0 Å². The van der Waals surface area contributed by atoms with Crippen molar-refractivity contribution in [3.05, 3.63) is 30.7 Å². The van der Waals surface area contributed by atoms with Crippen LogP contribution in [-0.2, 0) is 0 Å². The van der Waals surface area contributed by atoms with Crippen molar-refractivity contribution in [1.29, 1.82) is 0 Å². The second-order valence-corrected chi connectivity index (χ2v) is 2.90. The van der Waals surface area contributed by atoms with Gasteiger partial charge in [-0.1, -0.05) is 44.6 Å². The molecule has 0 aromatic heterocycles. The molecule has 1 radical (unpaired) electrons. The zero-order chi connectivity index (χ0) is 9.07. The van der Waals surface area contributed by atoms with Crippen molar-refractivity contribution in [2.24, 2.45) is 0 Å². The summed E-state index contributed by atoms with van der Waals surface area (Å²) in [5.41, 5.74) is 0. The summed E-state index contributed by atoms with van der Waals surface area (Å²) in [5, 5.41) is 0. The van der Waals surface area contributed by atoms with Crippen LogP contribution in [0.25, 0.3) is 0 Å². The molecule has 0 rings (SSSR count). The first kappa shape index (κ1) is 11.5. The monoisotopic (exact) mass is 165 g/mol. The molecule has 0 nitrogen and oxygen atoms in total. The summed E-state index contributed by atoms with van der Waals surface area (Å²) in [5.74, 6) is 0. The molecule has 0 saturated heterocycles. The average Bonchev–Trinajstić information content (AvgIpc) is 2.10. The van der Waals surface area contributed by atoms with Crippen LogP contribution in [0.2, 0.25) is 0 Å². The third-order valence-electron chi connectivity index (χ3n) is 1.63. The highest BCUT2D eigenvalue weighted by Gasteiger charge is 1.80. The fourth-order valence-electron chi connectivity index (χ4n) is 0.932. The van der Waals surface area contributed by atoms with E-state index in [4.69, 9.17) is 0 Å². The van der Waals surface area contributed by atoms with Crippen molar-refractivity contribution >= 4 is 0 Å². The maximum atomic E-state index is 2.30. The fraction of sp³-hybridized carbons (Fsp3) is 0.583. The highest BCUT2D eigenvalue weighted by molar-refractivity contribution is 4.92. The number of rotatable bonds is 7. The second kappa shape index (κ2) is 10.5. The van der Waals surface area contributed by atoms with Crippen molar-refractivity contribution in [3.63, 3.8) is 0 Å². The molecule has 0 unspecified atom stereocenters. The predicted molar refractivity (Wildman–Crippen MR) is 57.0 cm³/mol. The van der Waals surface area contributed by atoms with Gasteiger partial charge in [0.25, 0.3) is 0 Å². The molecule has 0 aliphatic carbocycles. The lowest BCUT2D eigenvalue weighted by Gasteiger charge is -1.89. The van der Waals surface area contributed by atoms with Gasteiger partial charge in [-0.3, -0.25) is 0 Å². The van der Waals surface area contributed by atoms with Crippen molar-refractivity contribution in [3.8, 4) is 0 Å². The molecule has 0 amide bonds. The highest BCUT2D eigenvalue weighted by Crippen LogP contribution is 1.98. The largest absolute Gasteiger partial charge is 0.0888 e. The average molecular weight is 165 g/mol. The van der Waals surface area contributed by atoms with Gasteiger partial charge in [0.05, 0.1) is 0 Å². The highest BCUT2D eigenvalue weighted by atomic mass is 13.9. The lowest BCUT2D eigenvalue weighted by molar-refractivity contribution is 0.950. The summed E-state index contributed by atoms with van der Waals surface area (Å²) in [6.45, 7) is 4.37. The Morgan fingerprint density at radius 3 is 2.08 bits per heavy atom. The van der Waals surface area contributed by atoms with Crippen LogP contribution >= 0.6 is 0 Å². The number of hydrogen-bond acceptors (Lipinski definition) is 0. The van der Waals surface area contributed by atoms with E-state index in [9.17, 15) is 0 Å². The number of hydrogen-bond donors (Lipinski definition) is 0. The lowest BCUT2D eigenvalue weighted by Crippen LogP contribution is -1.71. The molecule has 0 aromatic rings. The Kier molecular flexibility index (Phi) is 10.0. The van der Waals surface area contributed by atoms with Gasteiger partial charge in [0.15, 0.2) is 0 Å². The zero-order valence-electron chi connectivity index (χ0n) is 8.42. The molecule has 12 heavy (non-hydrogen) atoms. The maximum Gasteiger partial charge on any atom is -0.0311 e. The van der Waals surface area contributed by atoms with E-state index in [-0.39, 0.29) is 0 Å². The Balaban J connectivity index is 3.04. The molecule has 0 aliphatic heterocycles. The minimum absolute atomic E-state index is 1.12. The van der Waals surface area contributed by atoms with Gasteiger partial charge in [0.2, 0.25) is 0 Å². The van der Waals surface area contributed by atoms with E-state index in [1.165, 1.54) is 12.8 Å². The first-order valence-corrected chi connectivity index (χ1v) is 5.03. The first-order chi connectivity index (χ1) is 5.91. The number of allylic oxidation sites excluding steroid dienone is 4. The third-order valence-corrected chi connectivity index (χ3v) is 1.63. The third kappa shape index (κ3) is 9.48. The summed E-state index contributed by atoms with van der Waals surface area (Å²) in [4.78, 5) is 0.